The molecule has 8 nitrogen and oxygen atoms in total. The van der Waals surface area contributed by atoms with Crippen molar-refractivity contribution < 1.29 is 13.9 Å². The van der Waals surface area contributed by atoms with Gasteiger partial charge in [0.2, 0.25) is 5.91 Å². The molecule has 0 saturated carbocycles. The largest absolute Gasteiger partial charge is 0.497 e. The molecule has 4 aromatic rings. The molecule has 9 heteroatoms. The molecule has 1 amide bonds. The molecule has 0 spiro atoms. The lowest BCUT2D eigenvalue weighted by atomic mass is 10.2. The minimum Gasteiger partial charge on any atom is -0.497 e. The number of aromatic nitrogens is 3. The van der Waals surface area contributed by atoms with Crippen molar-refractivity contribution in [3.63, 3.8) is 0 Å². The summed E-state index contributed by atoms with van der Waals surface area (Å²) in [5.41, 5.74) is 3.97. The molecule has 32 heavy (non-hydrogen) atoms. The van der Waals surface area contributed by atoms with Crippen molar-refractivity contribution in [3.05, 3.63) is 59.2 Å². The number of nitriles is 1. The number of benzene rings is 1. The number of thioether (sulfide) groups is 1. The van der Waals surface area contributed by atoms with Crippen LogP contribution in [0, 0.1) is 25.2 Å². The van der Waals surface area contributed by atoms with Gasteiger partial charge in [0.15, 0.2) is 5.16 Å². The summed E-state index contributed by atoms with van der Waals surface area (Å²) in [5.74, 6) is 2.39. The maximum Gasteiger partial charge on any atom is 0.226 e. The fourth-order valence-corrected chi connectivity index (χ4v) is 4.31. The second kappa shape index (κ2) is 9.24. The fraction of sp³-hybridized carbons (Fsp3) is 0.261. The number of anilines is 1. The maximum absolute atomic E-state index is 12.7. The van der Waals surface area contributed by atoms with E-state index in [9.17, 15) is 10.1 Å². The molecule has 3 aromatic heterocycles. The van der Waals surface area contributed by atoms with Gasteiger partial charge in [0, 0.05) is 23.9 Å². The Kier molecular flexibility index (Phi) is 6.23. The number of amides is 1. The summed E-state index contributed by atoms with van der Waals surface area (Å²) in [6.45, 7) is 4.25. The zero-order chi connectivity index (χ0) is 22.7. The number of rotatable bonds is 8. The van der Waals surface area contributed by atoms with E-state index in [1.807, 2.05) is 48.7 Å². The van der Waals surface area contributed by atoms with Crippen molar-refractivity contribution in [2.45, 2.75) is 32.0 Å². The molecule has 2 N–H and O–H groups in total. The first-order chi connectivity index (χ1) is 15.5. The zero-order valence-electron chi connectivity index (χ0n) is 18.1. The highest BCUT2D eigenvalue weighted by molar-refractivity contribution is 7.99. The molecule has 0 aliphatic rings. The van der Waals surface area contributed by atoms with Crippen LogP contribution in [0.1, 0.15) is 29.0 Å². The molecule has 0 radical (unpaired) electrons. The Bertz CT molecular complexity index is 1300. The number of nitrogens with zero attached hydrogens (tertiary/aromatic N) is 3. The molecule has 0 bridgehead atoms. The third kappa shape index (κ3) is 4.36. The summed E-state index contributed by atoms with van der Waals surface area (Å²) in [6, 6.07) is 11.5. The average molecular weight is 450 g/mol. The lowest BCUT2D eigenvalue weighted by molar-refractivity contribution is -0.115. The van der Waals surface area contributed by atoms with Crippen LogP contribution < -0.4 is 10.1 Å². The van der Waals surface area contributed by atoms with E-state index in [0.717, 1.165) is 39.0 Å². The van der Waals surface area contributed by atoms with Gasteiger partial charge in [-0.2, -0.15) is 5.26 Å². The smallest absolute Gasteiger partial charge is 0.226 e. The number of furan rings is 1. The van der Waals surface area contributed by atoms with Crippen molar-refractivity contribution in [1.82, 2.24) is 14.5 Å². The van der Waals surface area contributed by atoms with Crippen molar-refractivity contribution in [2.24, 2.45) is 0 Å². The van der Waals surface area contributed by atoms with Crippen LogP contribution in [-0.4, -0.2) is 33.3 Å². The van der Waals surface area contributed by atoms with Crippen LogP contribution in [0.2, 0.25) is 0 Å². The number of carbonyl (C=O) groups excluding carboxylic acids is 1. The molecule has 0 aliphatic heterocycles. The van der Waals surface area contributed by atoms with Gasteiger partial charge in [0.25, 0.3) is 0 Å². The summed E-state index contributed by atoms with van der Waals surface area (Å²) in [4.78, 5) is 20.5. The lowest BCUT2D eigenvalue weighted by Gasteiger charge is -2.12. The molecule has 164 valence electrons. The van der Waals surface area contributed by atoms with E-state index >= 15 is 0 Å². The highest BCUT2D eigenvalue weighted by Crippen LogP contribution is 2.28. The van der Waals surface area contributed by atoms with Gasteiger partial charge in [-0.05, 0) is 43.7 Å². The number of fused-ring (bicyclic) bond motifs is 1. The summed E-state index contributed by atoms with van der Waals surface area (Å²) < 4.78 is 12.6. The fourth-order valence-electron chi connectivity index (χ4n) is 3.48. The number of hydrogen-bond donors (Lipinski definition) is 2. The predicted octanol–water partition coefficient (Wildman–Crippen LogP) is 4.62. The third-order valence-corrected chi connectivity index (χ3v) is 6.20. The van der Waals surface area contributed by atoms with Crippen LogP contribution in [-0.2, 0) is 11.3 Å². The van der Waals surface area contributed by atoms with E-state index in [0.29, 0.717) is 23.7 Å². The molecule has 0 saturated heterocycles. The van der Waals surface area contributed by atoms with Crippen LogP contribution in [0.15, 0.2) is 46.2 Å². The minimum absolute atomic E-state index is 0.162. The first kappa shape index (κ1) is 21.6. The van der Waals surface area contributed by atoms with Gasteiger partial charge in [-0.15, -0.1) is 0 Å². The highest BCUT2D eigenvalue weighted by atomic mass is 32.2. The number of ether oxygens (including phenoxy) is 1. The van der Waals surface area contributed by atoms with Crippen LogP contribution in [0.25, 0.3) is 11.0 Å². The molecular weight excluding hydrogens is 426 g/mol. The summed E-state index contributed by atoms with van der Waals surface area (Å²) in [7, 11) is 1.62. The topological polar surface area (TPSA) is 109 Å². The SMILES string of the molecule is COc1ccc2nc(SCCC(=O)Nc3c(C#N)c(C)c(C)n3Cc3ccco3)[nH]c2c1. The van der Waals surface area contributed by atoms with E-state index in [4.69, 9.17) is 9.15 Å². The first-order valence-corrected chi connectivity index (χ1v) is 11.1. The zero-order valence-corrected chi connectivity index (χ0v) is 18.9. The molecule has 3 heterocycles. The van der Waals surface area contributed by atoms with Crippen molar-refractivity contribution in [1.29, 1.82) is 5.26 Å². The number of aromatic amines is 1. The van der Waals surface area contributed by atoms with E-state index in [1.54, 1.807) is 13.4 Å². The number of hydrogen-bond acceptors (Lipinski definition) is 6. The van der Waals surface area contributed by atoms with E-state index in [2.05, 4.69) is 21.4 Å². The number of carbonyl (C=O) groups is 1. The Hall–Kier alpha value is -3.64. The molecule has 0 aliphatic carbocycles. The summed E-state index contributed by atoms with van der Waals surface area (Å²) in [6.07, 6.45) is 1.88. The van der Waals surface area contributed by atoms with Crippen molar-refractivity contribution in [3.8, 4) is 11.8 Å². The van der Waals surface area contributed by atoms with Gasteiger partial charge in [-0.3, -0.25) is 4.79 Å². The van der Waals surface area contributed by atoms with Crippen LogP contribution in [0.5, 0.6) is 5.75 Å². The summed E-state index contributed by atoms with van der Waals surface area (Å²) >= 11 is 1.47. The Balaban J connectivity index is 1.43. The van der Waals surface area contributed by atoms with Crippen molar-refractivity contribution >= 4 is 34.5 Å². The van der Waals surface area contributed by atoms with Crippen LogP contribution in [0.3, 0.4) is 0 Å². The maximum atomic E-state index is 12.7. The van der Waals surface area contributed by atoms with Gasteiger partial charge in [-0.25, -0.2) is 4.98 Å². The van der Waals surface area contributed by atoms with E-state index < -0.39 is 0 Å². The number of nitrogens with one attached hydrogen (secondary N) is 2. The molecule has 0 fully saturated rings. The van der Waals surface area contributed by atoms with Gasteiger partial charge in [-0.1, -0.05) is 11.8 Å². The van der Waals surface area contributed by atoms with Gasteiger partial charge < -0.3 is 24.0 Å². The second-order valence-corrected chi connectivity index (χ2v) is 8.37. The van der Waals surface area contributed by atoms with E-state index in [-0.39, 0.29) is 12.3 Å². The molecular formula is C23H23N5O3S. The molecule has 0 atom stereocenters. The number of imidazole rings is 1. The van der Waals surface area contributed by atoms with E-state index in [1.165, 1.54) is 11.8 Å². The van der Waals surface area contributed by atoms with Gasteiger partial charge in [0.05, 0.1) is 36.5 Å². The van der Waals surface area contributed by atoms with Crippen molar-refractivity contribution in [2.75, 3.05) is 18.2 Å². The standard InChI is InChI=1S/C23H23N5O3S/c1-14-15(2)28(13-17-5-4-9-31-17)22(18(14)12-24)27-21(29)8-10-32-23-25-19-7-6-16(30-3)11-20(19)26-23/h4-7,9,11H,8,10,13H2,1-3H3,(H,25,26)(H,27,29). The first-order valence-electron chi connectivity index (χ1n) is 10.1. The average Bonchev–Trinajstić information content (AvgIpc) is 3.49. The monoisotopic (exact) mass is 449 g/mol. The molecule has 0 unspecified atom stereocenters. The minimum atomic E-state index is -0.162. The molecule has 1 aromatic carbocycles. The molecule has 4 rings (SSSR count). The Morgan fingerprint density at radius 1 is 1.38 bits per heavy atom. The quantitative estimate of drug-likeness (QED) is 0.380. The lowest BCUT2D eigenvalue weighted by Crippen LogP contribution is -2.17. The Morgan fingerprint density at radius 2 is 2.22 bits per heavy atom. The van der Waals surface area contributed by atoms with Gasteiger partial charge >= 0.3 is 0 Å². The number of methoxy groups -OCH3 is 1. The number of H-pyrrole nitrogens is 1. The normalized spacial score (nSPS) is 10.9. The second-order valence-electron chi connectivity index (χ2n) is 7.28. The Labute approximate surface area is 189 Å². The highest BCUT2D eigenvalue weighted by Gasteiger charge is 2.20. The third-order valence-electron chi connectivity index (χ3n) is 5.33. The Morgan fingerprint density at radius 3 is 2.94 bits per heavy atom. The van der Waals surface area contributed by atoms with Gasteiger partial charge in [0.1, 0.15) is 23.4 Å². The van der Waals surface area contributed by atoms with Crippen LogP contribution >= 0.6 is 11.8 Å². The summed E-state index contributed by atoms with van der Waals surface area (Å²) in [5, 5.41) is 13.3. The van der Waals surface area contributed by atoms with Crippen LogP contribution in [0.4, 0.5) is 5.82 Å². The predicted molar refractivity (Wildman–Crippen MR) is 123 cm³/mol.